The molecule has 0 aliphatic heterocycles. The van der Waals surface area contributed by atoms with Gasteiger partial charge in [0.05, 0.1) is 64.6 Å². The van der Waals surface area contributed by atoms with Crippen molar-refractivity contribution in [3.05, 3.63) is 0 Å². The summed E-state index contributed by atoms with van der Waals surface area (Å²) in [7, 11) is -7.85. The maximum atomic E-state index is 13.7. The van der Waals surface area contributed by atoms with E-state index in [4.69, 9.17) is 41.6 Å². The monoisotopic (exact) mass is 1610 g/mol. The van der Waals surface area contributed by atoms with E-state index in [-0.39, 0.29) is 94.9 Å². The number of ether oxygens (including phenoxy) is 4. The summed E-state index contributed by atoms with van der Waals surface area (Å²) in [5, 5.41) is 7.99. The van der Waals surface area contributed by atoms with E-state index < -0.39 is 59.0 Å². The number of esters is 2. The molecule has 24 heteroatoms. The molecule has 0 bridgehead atoms. The normalized spacial score (nSPS) is 13.7. The van der Waals surface area contributed by atoms with Crippen LogP contribution in [-0.4, -0.2) is 137 Å². The Morgan fingerprint density at radius 1 is 0.355 bits per heavy atom. The van der Waals surface area contributed by atoms with Crippen molar-refractivity contribution in [3.8, 4) is 0 Å². The number of nitrogens with zero attached hydrogens (tertiary/aromatic N) is 1. The zero-order chi connectivity index (χ0) is 80.8. The van der Waals surface area contributed by atoms with Crippen molar-refractivity contribution in [1.82, 2.24) is 16.0 Å². The molecule has 0 spiro atoms. The molecule has 0 saturated carbocycles. The molecule has 0 radical (unpaired) electrons. The first-order valence-corrected chi connectivity index (χ1v) is 48.0. The maximum absolute atomic E-state index is 13.7. The fourth-order valence-electron chi connectivity index (χ4n) is 13.1. The molecule has 2 unspecified atom stereocenters. The van der Waals surface area contributed by atoms with Gasteiger partial charge in [-0.1, -0.05) is 324 Å². The Balaban J connectivity index is 5.63. The summed E-state index contributed by atoms with van der Waals surface area (Å²) in [6.45, 7) is 11.4. The molecular formula is C86H166N4O18P2. The number of amides is 4. The zero-order valence-electron chi connectivity index (χ0n) is 71.3. The molecule has 0 aromatic carbocycles. The number of aliphatic imine (C=N–C) groups is 1. The van der Waals surface area contributed by atoms with E-state index in [2.05, 4.69) is 62.5 Å². The minimum atomic E-state index is -4.76. The summed E-state index contributed by atoms with van der Waals surface area (Å²) in [6, 6.07) is -0.739. The summed E-state index contributed by atoms with van der Waals surface area (Å²) in [5.41, 5.74) is 0.0940. The van der Waals surface area contributed by atoms with Crippen LogP contribution in [0.5, 0.6) is 0 Å². The molecule has 0 rings (SSSR count). The Morgan fingerprint density at radius 2 is 0.700 bits per heavy atom. The summed E-state index contributed by atoms with van der Waals surface area (Å²) in [6.07, 6.45) is 58.9. The first kappa shape index (κ1) is 107. The van der Waals surface area contributed by atoms with Crippen LogP contribution in [0, 0.1) is 0 Å². The number of nitrogens with one attached hydrogen (secondary N) is 3. The Hall–Kier alpha value is -3.17. The molecule has 4 N–H and O–H groups in total. The topological polar surface area (TPSA) is 288 Å². The van der Waals surface area contributed by atoms with E-state index in [0.717, 1.165) is 161 Å². The van der Waals surface area contributed by atoms with Gasteiger partial charge in [-0.2, -0.15) is 0 Å². The average Bonchev–Trinajstić information content (AvgIpc) is 0.942. The lowest BCUT2D eigenvalue weighted by Gasteiger charge is -2.23. The summed E-state index contributed by atoms with van der Waals surface area (Å²) in [5.74, 6) is -2.41. The van der Waals surface area contributed by atoms with E-state index in [0.29, 0.717) is 44.9 Å². The molecule has 0 fully saturated rings. The average molecular weight is 1610 g/mol. The van der Waals surface area contributed by atoms with Gasteiger partial charge in [0.2, 0.25) is 23.6 Å². The third-order valence-electron chi connectivity index (χ3n) is 20.0. The molecule has 0 aromatic heterocycles. The third kappa shape index (κ3) is 73.7. The summed E-state index contributed by atoms with van der Waals surface area (Å²) >= 11 is 0. The van der Waals surface area contributed by atoms with Gasteiger partial charge in [-0.15, -0.1) is 0 Å². The lowest BCUT2D eigenvalue weighted by Crippen LogP contribution is -2.41. The predicted octanol–water partition coefficient (Wildman–Crippen LogP) is 22.6. The van der Waals surface area contributed by atoms with Crippen LogP contribution < -0.4 is 16.0 Å². The fourth-order valence-corrected chi connectivity index (χ4v) is 14.8. The van der Waals surface area contributed by atoms with E-state index in [1.54, 1.807) is 0 Å². The molecule has 0 aliphatic carbocycles. The van der Waals surface area contributed by atoms with Gasteiger partial charge in [-0.25, -0.2) is 14.1 Å². The predicted molar refractivity (Wildman–Crippen MR) is 446 cm³/mol. The number of rotatable bonds is 86. The van der Waals surface area contributed by atoms with Gasteiger partial charge in [0.25, 0.3) is 0 Å². The maximum Gasteiger partial charge on any atom is 0.474 e. The lowest BCUT2D eigenvalue weighted by molar-refractivity contribution is -0.151. The third-order valence-corrected chi connectivity index (χ3v) is 22.3. The number of phosphoric acid groups is 2. The van der Waals surface area contributed by atoms with Gasteiger partial charge < -0.3 is 39.8 Å². The summed E-state index contributed by atoms with van der Waals surface area (Å²) in [4.78, 5) is 93.3. The van der Waals surface area contributed by atoms with Gasteiger partial charge in [0.15, 0.2) is 0 Å². The highest BCUT2D eigenvalue weighted by Gasteiger charge is 2.29. The van der Waals surface area contributed by atoms with Gasteiger partial charge in [0.1, 0.15) is 18.6 Å². The highest BCUT2D eigenvalue weighted by atomic mass is 31.2. The first-order valence-electron chi connectivity index (χ1n) is 45.0. The molecule has 22 nitrogen and oxygen atoms in total. The molecule has 0 aromatic rings. The smallest absolute Gasteiger partial charge is 0.462 e. The van der Waals surface area contributed by atoms with Crippen molar-refractivity contribution in [2.24, 2.45) is 4.99 Å². The van der Waals surface area contributed by atoms with E-state index in [1.165, 1.54) is 167 Å². The van der Waals surface area contributed by atoms with Crippen LogP contribution in [-0.2, 0) is 79.5 Å². The van der Waals surface area contributed by atoms with Crippen molar-refractivity contribution < 1.29 is 84.4 Å². The second-order valence-corrected chi connectivity index (χ2v) is 33.8. The second kappa shape index (κ2) is 79.7. The van der Waals surface area contributed by atoms with Gasteiger partial charge in [-0.05, 0) is 51.4 Å². The largest absolute Gasteiger partial charge is 0.474 e. The number of unbranched alkanes of at least 4 members (excludes halogenated alkanes) is 44. The SMILES string of the molecule is CCCCCCCCCCCCCC(=O)N=C(COCC[C@@H](CCCCCCC)OC(=O)CCCCCCCCCCC)COP(=O)(O)OCCNC(=O)CC(=O)NCCOP(=O)(OC)OC[C@H](COCC[C@@H](CCCCCCC)OC(=O)CCCCCCCCCCC)NC(=O)CCCCCCCCCCCCC. The molecule has 0 heterocycles. The molecule has 5 atom stereocenters. The minimum Gasteiger partial charge on any atom is -0.462 e. The Kier molecular flexibility index (Phi) is 77.4. The van der Waals surface area contributed by atoms with Gasteiger partial charge in [-0.3, -0.25) is 51.4 Å². The van der Waals surface area contributed by atoms with E-state index in [9.17, 15) is 42.8 Å². The van der Waals surface area contributed by atoms with Crippen LogP contribution in [0.3, 0.4) is 0 Å². The zero-order valence-corrected chi connectivity index (χ0v) is 73.0. The van der Waals surface area contributed by atoms with Crippen LogP contribution in [0.2, 0.25) is 0 Å². The Labute approximate surface area is 670 Å². The number of carbonyl (C=O) groups excluding carboxylic acids is 6. The first-order chi connectivity index (χ1) is 53.5. The van der Waals surface area contributed by atoms with E-state index >= 15 is 0 Å². The van der Waals surface area contributed by atoms with Crippen molar-refractivity contribution in [3.63, 3.8) is 0 Å². The van der Waals surface area contributed by atoms with Crippen LogP contribution in [0.15, 0.2) is 4.99 Å². The number of hydrogen-bond acceptors (Lipinski definition) is 17. The van der Waals surface area contributed by atoms with Crippen molar-refractivity contribution in [2.75, 3.05) is 73.1 Å². The number of carbonyl (C=O) groups is 6. The molecular weight excluding hydrogens is 1440 g/mol. The van der Waals surface area contributed by atoms with Crippen LogP contribution >= 0.6 is 15.6 Å². The highest BCUT2D eigenvalue weighted by molar-refractivity contribution is 7.48. The number of phosphoric ester groups is 2. The molecule has 110 heavy (non-hydrogen) atoms. The fraction of sp³-hybridized carbons (Fsp3) is 0.919. The standard InChI is InChI=1S/C86H166N4O18P2/c1-8-14-20-26-30-34-36-40-42-48-54-60-81(91)89-77(73-101-68-64-79(58-52-46-24-18-12-5)107-85(95)62-56-50-44-38-32-28-22-16-10-3)75-105-109(97,98)103-70-66-87-83(93)72-84(94)88-67-71-104-110(99,100-7)106-76-78(90-82(92)61-55-49-43-41-37-35-31-27-21-15-9-2)74-102-69-65-80(59-53-47-25-19-13-6)108-86(96)63-57-51-45-39-33-29-23-17-11-4/h78-80H,8-76H2,1-7H3,(H,87,93)(H,88,94)(H,90,92)(H,97,98)/t78-,79+,80+,110?/m0/s1. The van der Waals surface area contributed by atoms with Crippen LogP contribution in [0.1, 0.15) is 420 Å². The Bertz CT molecular complexity index is 2300. The molecule has 648 valence electrons. The van der Waals surface area contributed by atoms with Crippen molar-refractivity contribution in [2.45, 2.75) is 439 Å². The van der Waals surface area contributed by atoms with Crippen LogP contribution in [0.4, 0.5) is 0 Å². The van der Waals surface area contributed by atoms with Gasteiger partial charge >= 0.3 is 27.6 Å². The van der Waals surface area contributed by atoms with Crippen molar-refractivity contribution >= 4 is 56.9 Å². The summed E-state index contributed by atoms with van der Waals surface area (Å²) < 4.78 is 78.0. The van der Waals surface area contributed by atoms with Gasteiger partial charge in [0, 0.05) is 58.7 Å². The second-order valence-electron chi connectivity index (χ2n) is 30.6. The van der Waals surface area contributed by atoms with Crippen molar-refractivity contribution in [1.29, 1.82) is 0 Å². The van der Waals surface area contributed by atoms with Crippen LogP contribution in [0.25, 0.3) is 0 Å². The quantitative estimate of drug-likeness (QED) is 0.0145. The molecule has 4 amide bonds. The van der Waals surface area contributed by atoms with E-state index in [1.807, 2.05) is 0 Å². The molecule has 0 saturated heterocycles. The highest BCUT2D eigenvalue weighted by Crippen LogP contribution is 2.48. The minimum absolute atomic E-state index is 0.0124. The Morgan fingerprint density at radius 3 is 1.09 bits per heavy atom. The number of hydrogen-bond donors (Lipinski definition) is 4. The molecule has 0 aliphatic rings. The lowest BCUT2D eigenvalue weighted by atomic mass is 10.1.